The lowest BCUT2D eigenvalue weighted by Crippen LogP contribution is -2.42. The molecule has 0 aromatic carbocycles. The minimum absolute atomic E-state index is 0.00357. The number of ether oxygens (including phenoxy) is 1. The van der Waals surface area contributed by atoms with Crippen LogP contribution in [0.1, 0.15) is 40.3 Å². The van der Waals surface area contributed by atoms with E-state index >= 15 is 0 Å². The van der Waals surface area contributed by atoms with Crippen molar-refractivity contribution in [1.29, 1.82) is 0 Å². The Morgan fingerprint density at radius 3 is 2.46 bits per heavy atom. The summed E-state index contributed by atoms with van der Waals surface area (Å²) < 4.78 is 6.66. The highest BCUT2D eigenvalue weighted by Crippen LogP contribution is 2.23. The number of anilines is 1. The maximum absolute atomic E-state index is 12.3. The molecule has 0 atom stereocenters. The van der Waals surface area contributed by atoms with E-state index in [2.05, 4.69) is 31.2 Å². The van der Waals surface area contributed by atoms with Crippen molar-refractivity contribution in [2.24, 2.45) is 13.0 Å². The zero-order valence-corrected chi connectivity index (χ0v) is 15.8. The molecule has 0 aliphatic rings. The molecule has 0 spiro atoms. The van der Waals surface area contributed by atoms with Gasteiger partial charge in [0.2, 0.25) is 11.8 Å². The lowest BCUT2D eigenvalue weighted by molar-refractivity contribution is -0.138. The lowest BCUT2D eigenvalue weighted by Gasteiger charge is -2.23. The van der Waals surface area contributed by atoms with Gasteiger partial charge in [0.15, 0.2) is 0 Å². The number of hydrogen-bond acceptors (Lipinski definition) is 4. The average Bonchev–Trinajstić information content (AvgIpc) is 2.83. The molecule has 1 rings (SSSR count). The summed E-state index contributed by atoms with van der Waals surface area (Å²) in [6.07, 6.45) is 0. The molecule has 0 unspecified atom stereocenters. The quantitative estimate of drug-likeness (QED) is 0.822. The molecule has 7 nitrogen and oxygen atoms in total. The highest BCUT2D eigenvalue weighted by Gasteiger charge is 2.22. The molecule has 0 saturated carbocycles. The van der Waals surface area contributed by atoms with Crippen LogP contribution < -0.4 is 5.32 Å². The summed E-state index contributed by atoms with van der Waals surface area (Å²) in [5.74, 6) is 0.138. The van der Waals surface area contributed by atoms with Crippen LogP contribution >= 0.6 is 0 Å². The first-order chi connectivity index (χ1) is 11.1. The molecule has 0 bridgehead atoms. The Morgan fingerprint density at radius 1 is 1.38 bits per heavy atom. The van der Waals surface area contributed by atoms with Gasteiger partial charge in [-0.15, -0.1) is 0 Å². The summed E-state index contributed by atoms with van der Waals surface area (Å²) >= 11 is 0. The molecule has 0 fully saturated rings. The van der Waals surface area contributed by atoms with Gasteiger partial charge in [0.25, 0.3) is 0 Å². The smallest absolute Gasteiger partial charge is 0.245 e. The van der Waals surface area contributed by atoms with Gasteiger partial charge in [0.1, 0.15) is 5.82 Å². The van der Waals surface area contributed by atoms with Crippen LogP contribution in [-0.2, 0) is 26.8 Å². The molecule has 0 aliphatic heterocycles. The molecular weight excluding hydrogens is 308 g/mol. The number of carbonyl (C=O) groups excluding carboxylic acids is 2. The summed E-state index contributed by atoms with van der Waals surface area (Å²) in [6, 6.07) is 1.86. The first-order valence-corrected chi connectivity index (χ1v) is 8.18. The van der Waals surface area contributed by atoms with Gasteiger partial charge in [-0.25, -0.2) is 0 Å². The standard InChI is InChI=1S/C17H30N4O3/c1-12(2)16(23)21(8-9-24-7)11-15(22)18-14-10-13(17(3,4)5)19-20(14)6/h10,12H,8-9,11H2,1-7H3,(H,18,22). The first kappa shape index (κ1) is 20.2. The van der Waals surface area contributed by atoms with Crippen molar-refractivity contribution in [3.8, 4) is 0 Å². The van der Waals surface area contributed by atoms with Crippen molar-refractivity contribution in [3.05, 3.63) is 11.8 Å². The number of nitrogens with zero attached hydrogens (tertiary/aromatic N) is 3. The summed E-state index contributed by atoms with van der Waals surface area (Å²) in [6.45, 7) is 10.6. The molecule has 2 amide bonds. The Morgan fingerprint density at radius 2 is 2.00 bits per heavy atom. The normalized spacial score (nSPS) is 11.7. The Balaban J connectivity index is 2.79. The molecule has 0 aliphatic carbocycles. The lowest BCUT2D eigenvalue weighted by atomic mass is 9.92. The Hall–Kier alpha value is -1.89. The fraction of sp³-hybridized carbons (Fsp3) is 0.706. The van der Waals surface area contributed by atoms with Crippen LogP contribution in [0.25, 0.3) is 0 Å². The van der Waals surface area contributed by atoms with Crippen LogP contribution in [0.2, 0.25) is 0 Å². The van der Waals surface area contributed by atoms with Gasteiger partial charge in [-0.1, -0.05) is 34.6 Å². The van der Waals surface area contributed by atoms with Crippen molar-refractivity contribution >= 4 is 17.6 Å². The van der Waals surface area contributed by atoms with Crippen molar-refractivity contribution < 1.29 is 14.3 Å². The van der Waals surface area contributed by atoms with E-state index in [0.29, 0.717) is 19.0 Å². The van der Waals surface area contributed by atoms with Gasteiger partial charge >= 0.3 is 0 Å². The third-order valence-electron chi connectivity index (χ3n) is 3.62. The number of methoxy groups -OCH3 is 1. The predicted molar refractivity (Wildman–Crippen MR) is 93.8 cm³/mol. The van der Waals surface area contributed by atoms with Gasteiger partial charge < -0.3 is 15.0 Å². The second kappa shape index (κ2) is 8.28. The number of aromatic nitrogens is 2. The van der Waals surface area contributed by atoms with Gasteiger partial charge in [-0.2, -0.15) is 5.10 Å². The van der Waals surface area contributed by atoms with Crippen molar-refractivity contribution in [3.63, 3.8) is 0 Å². The van der Waals surface area contributed by atoms with Gasteiger partial charge in [0, 0.05) is 38.1 Å². The van der Waals surface area contributed by atoms with Crippen molar-refractivity contribution in [1.82, 2.24) is 14.7 Å². The predicted octanol–water partition coefficient (Wildman–Crippen LogP) is 1.79. The van der Waals surface area contributed by atoms with Gasteiger partial charge in [-0.05, 0) is 0 Å². The maximum atomic E-state index is 12.3. The van der Waals surface area contributed by atoms with Crippen LogP contribution in [0.5, 0.6) is 0 Å². The van der Waals surface area contributed by atoms with E-state index in [0.717, 1.165) is 5.69 Å². The Bertz CT molecular complexity index is 573. The largest absolute Gasteiger partial charge is 0.383 e. The molecule has 1 aromatic heterocycles. The highest BCUT2D eigenvalue weighted by molar-refractivity contribution is 5.94. The molecular formula is C17H30N4O3. The van der Waals surface area contributed by atoms with E-state index < -0.39 is 0 Å². The topological polar surface area (TPSA) is 76.5 Å². The average molecular weight is 338 g/mol. The number of carbonyl (C=O) groups is 2. The molecule has 1 heterocycles. The van der Waals surface area contributed by atoms with Crippen LogP contribution in [0.3, 0.4) is 0 Å². The summed E-state index contributed by atoms with van der Waals surface area (Å²) in [5, 5.41) is 7.26. The fourth-order valence-corrected chi connectivity index (χ4v) is 2.14. The molecule has 7 heteroatoms. The number of hydrogen-bond donors (Lipinski definition) is 1. The Kier molecular flexibility index (Phi) is 6.95. The monoisotopic (exact) mass is 338 g/mol. The zero-order valence-electron chi connectivity index (χ0n) is 15.8. The van der Waals surface area contributed by atoms with Crippen LogP contribution in [0.4, 0.5) is 5.82 Å². The third-order valence-corrected chi connectivity index (χ3v) is 3.62. The summed E-state index contributed by atoms with van der Waals surface area (Å²) in [5.41, 5.74) is 0.800. The van der Waals surface area contributed by atoms with Crippen molar-refractivity contribution in [2.45, 2.75) is 40.0 Å². The number of rotatable bonds is 7. The summed E-state index contributed by atoms with van der Waals surface area (Å²) in [7, 11) is 3.36. The van der Waals surface area contributed by atoms with Crippen LogP contribution in [-0.4, -0.2) is 53.3 Å². The minimum atomic E-state index is -0.247. The highest BCUT2D eigenvalue weighted by atomic mass is 16.5. The number of nitrogens with one attached hydrogen (secondary N) is 1. The van der Waals surface area contributed by atoms with Crippen LogP contribution in [0.15, 0.2) is 6.07 Å². The summed E-state index contributed by atoms with van der Waals surface area (Å²) in [4.78, 5) is 26.1. The van der Waals surface area contributed by atoms with Gasteiger partial charge in [-0.3, -0.25) is 14.3 Å². The zero-order chi connectivity index (χ0) is 18.5. The van der Waals surface area contributed by atoms with E-state index in [1.165, 1.54) is 4.90 Å². The number of amides is 2. The Labute approximate surface area is 144 Å². The van der Waals surface area contributed by atoms with E-state index in [1.54, 1.807) is 18.8 Å². The molecule has 1 N–H and O–H groups in total. The molecule has 136 valence electrons. The molecule has 1 aromatic rings. The minimum Gasteiger partial charge on any atom is -0.383 e. The third kappa shape index (κ3) is 5.63. The fourth-order valence-electron chi connectivity index (χ4n) is 2.14. The van der Waals surface area contributed by atoms with Crippen LogP contribution in [0, 0.1) is 5.92 Å². The molecule has 0 saturated heterocycles. The van der Waals surface area contributed by atoms with E-state index in [1.807, 2.05) is 19.9 Å². The molecule has 24 heavy (non-hydrogen) atoms. The van der Waals surface area contributed by atoms with Crippen molar-refractivity contribution in [2.75, 3.05) is 32.1 Å². The van der Waals surface area contributed by atoms with E-state index in [-0.39, 0.29) is 29.7 Å². The first-order valence-electron chi connectivity index (χ1n) is 8.18. The maximum Gasteiger partial charge on any atom is 0.245 e. The van der Waals surface area contributed by atoms with E-state index in [4.69, 9.17) is 4.74 Å². The van der Waals surface area contributed by atoms with Gasteiger partial charge in [0.05, 0.1) is 18.8 Å². The second-order valence-corrected chi connectivity index (χ2v) is 7.24. The molecule has 0 radical (unpaired) electrons. The second-order valence-electron chi connectivity index (χ2n) is 7.24. The number of aryl methyl sites for hydroxylation is 1. The van der Waals surface area contributed by atoms with E-state index in [9.17, 15) is 9.59 Å². The SMILES string of the molecule is COCCN(CC(=O)Nc1cc(C(C)(C)C)nn1C)C(=O)C(C)C.